The van der Waals surface area contributed by atoms with Crippen LogP contribution in [0.25, 0.3) is 0 Å². The SMILES string of the molecule is CCCC(CCC)(COCc1ccccc1)CS(N)(=O)=O. The molecule has 0 aliphatic carbocycles. The van der Waals surface area contributed by atoms with Crippen molar-refractivity contribution in [2.24, 2.45) is 10.6 Å². The first-order valence-electron chi connectivity index (χ1n) is 7.53. The molecule has 0 saturated carbocycles. The van der Waals surface area contributed by atoms with Crippen LogP contribution in [-0.4, -0.2) is 20.8 Å². The molecule has 2 N–H and O–H groups in total. The van der Waals surface area contributed by atoms with Gasteiger partial charge in [-0.15, -0.1) is 0 Å². The Hall–Kier alpha value is -0.910. The normalized spacial score (nSPS) is 12.5. The molecule has 0 unspecified atom stereocenters. The molecule has 1 aromatic rings. The molecule has 0 bridgehead atoms. The summed E-state index contributed by atoms with van der Waals surface area (Å²) in [6.45, 7) is 5.05. The molecule has 0 spiro atoms. The van der Waals surface area contributed by atoms with Gasteiger partial charge in [0.1, 0.15) is 0 Å². The van der Waals surface area contributed by atoms with E-state index in [1.54, 1.807) is 0 Å². The highest BCUT2D eigenvalue weighted by Gasteiger charge is 2.33. The van der Waals surface area contributed by atoms with E-state index >= 15 is 0 Å². The van der Waals surface area contributed by atoms with Gasteiger partial charge < -0.3 is 4.74 Å². The van der Waals surface area contributed by atoms with Crippen molar-refractivity contribution < 1.29 is 13.2 Å². The monoisotopic (exact) mass is 313 g/mol. The lowest BCUT2D eigenvalue weighted by Crippen LogP contribution is -2.37. The van der Waals surface area contributed by atoms with E-state index in [0.717, 1.165) is 31.2 Å². The zero-order valence-electron chi connectivity index (χ0n) is 13.0. The Morgan fingerprint density at radius 2 is 1.67 bits per heavy atom. The van der Waals surface area contributed by atoms with Gasteiger partial charge in [0.25, 0.3) is 0 Å². The van der Waals surface area contributed by atoms with E-state index in [0.29, 0.717) is 13.2 Å². The van der Waals surface area contributed by atoms with Crippen LogP contribution in [-0.2, 0) is 21.4 Å². The molecule has 5 heteroatoms. The molecule has 0 aliphatic rings. The molecule has 0 fully saturated rings. The van der Waals surface area contributed by atoms with Crippen LogP contribution in [0, 0.1) is 5.41 Å². The Morgan fingerprint density at radius 1 is 1.10 bits per heavy atom. The highest BCUT2D eigenvalue weighted by Crippen LogP contribution is 2.32. The zero-order chi connectivity index (χ0) is 15.8. The molecule has 0 aliphatic heterocycles. The fraction of sp³-hybridized carbons (Fsp3) is 0.625. The van der Waals surface area contributed by atoms with E-state index in [9.17, 15) is 8.42 Å². The molecule has 0 amide bonds. The van der Waals surface area contributed by atoms with E-state index in [2.05, 4.69) is 13.8 Å². The second-order valence-electron chi connectivity index (χ2n) is 5.79. The first kappa shape index (κ1) is 18.1. The summed E-state index contributed by atoms with van der Waals surface area (Å²) in [7, 11) is -3.50. The number of sulfonamides is 1. The second-order valence-corrected chi connectivity index (χ2v) is 7.40. The zero-order valence-corrected chi connectivity index (χ0v) is 13.9. The topological polar surface area (TPSA) is 69.4 Å². The van der Waals surface area contributed by atoms with Crippen molar-refractivity contribution in [2.75, 3.05) is 12.4 Å². The minimum Gasteiger partial charge on any atom is -0.376 e. The van der Waals surface area contributed by atoms with E-state index < -0.39 is 10.0 Å². The van der Waals surface area contributed by atoms with Gasteiger partial charge in [0.2, 0.25) is 10.0 Å². The lowest BCUT2D eigenvalue weighted by atomic mass is 9.82. The van der Waals surface area contributed by atoms with Crippen molar-refractivity contribution in [3.63, 3.8) is 0 Å². The summed E-state index contributed by atoms with van der Waals surface area (Å²) in [6.07, 6.45) is 3.46. The summed E-state index contributed by atoms with van der Waals surface area (Å²) in [4.78, 5) is 0. The summed E-state index contributed by atoms with van der Waals surface area (Å²) in [5.74, 6) is -0.00350. The number of nitrogens with two attached hydrogens (primary N) is 1. The Labute approximate surface area is 128 Å². The lowest BCUT2D eigenvalue weighted by molar-refractivity contribution is 0.0339. The molecule has 0 saturated heterocycles. The maximum absolute atomic E-state index is 11.6. The maximum atomic E-state index is 11.6. The second kappa shape index (κ2) is 8.51. The minimum absolute atomic E-state index is 0.00350. The van der Waals surface area contributed by atoms with Crippen LogP contribution in [0.5, 0.6) is 0 Å². The highest BCUT2D eigenvalue weighted by atomic mass is 32.2. The summed E-state index contributed by atoms with van der Waals surface area (Å²) in [6, 6.07) is 9.90. The van der Waals surface area contributed by atoms with Gasteiger partial charge in [-0.25, -0.2) is 13.6 Å². The maximum Gasteiger partial charge on any atom is 0.209 e. The number of rotatable bonds is 10. The molecular weight excluding hydrogens is 286 g/mol. The van der Waals surface area contributed by atoms with Gasteiger partial charge in [-0.05, 0) is 18.4 Å². The number of hydrogen-bond donors (Lipinski definition) is 1. The molecule has 0 heterocycles. The fourth-order valence-electron chi connectivity index (χ4n) is 2.90. The van der Waals surface area contributed by atoms with Crippen LogP contribution in [0.1, 0.15) is 45.1 Å². The van der Waals surface area contributed by atoms with E-state index in [4.69, 9.17) is 9.88 Å². The van der Waals surface area contributed by atoms with Crippen molar-refractivity contribution in [3.8, 4) is 0 Å². The van der Waals surface area contributed by atoms with E-state index in [1.807, 2.05) is 30.3 Å². The van der Waals surface area contributed by atoms with Crippen molar-refractivity contribution in [2.45, 2.75) is 46.1 Å². The highest BCUT2D eigenvalue weighted by molar-refractivity contribution is 7.89. The minimum atomic E-state index is -3.50. The molecule has 4 nitrogen and oxygen atoms in total. The number of ether oxygens (including phenoxy) is 1. The average Bonchev–Trinajstić information content (AvgIpc) is 2.38. The molecule has 1 aromatic carbocycles. The molecule has 120 valence electrons. The number of primary sulfonamides is 1. The van der Waals surface area contributed by atoms with Crippen molar-refractivity contribution >= 4 is 10.0 Å². The summed E-state index contributed by atoms with van der Waals surface area (Å²) < 4.78 is 28.9. The third-order valence-electron chi connectivity index (χ3n) is 3.59. The van der Waals surface area contributed by atoms with E-state index in [-0.39, 0.29) is 11.2 Å². The smallest absolute Gasteiger partial charge is 0.209 e. The van der Waals surface area contributed by atoms with Crippen molar-refractivity contribution in [1.29, 1.82) is 0 Å². The molecule has 1 rings (SSSR count). The standard InChI is InChI=1S/C16H27NO3S/c1-3-10-16(11-4-2,14-21(17,18)19)13-20-12-15-8-6-5-7-9-15/h5-9H,3-4,10-14H2,1-2H3,(H2,17,18,19). The van der Waals surface area contributed by atoms with Crippen LogP contribution in [0.3, 0.4) is 0 Å². The van der Waals surface area contributed by atoms with Gasteiger partial charge in [-0.3, -0.25) is 0 Å². The predicted molar refractivity (Wildman–Crippen MR) is 86.3 cm³/mol. The first-order chi connectivity index (χ1) is 9.91. The summed E-state index contributed by atoms with van der Waals surface area (Å²) >= 11 is 0. The van der Waals surface area contributed by atoms with Crippen molar-refractivity contribution in [3.05, 3.63) is 35.9 Å². The molecule has 0 aromatic heterocycles. The summed E-state index contributed by atoms with van der Waals surface area (Å²) in [5.41, 5.74) is 0.723. The lowest BCUT2D eigenvalue weighted by Gasteiger charge is -2.32. The molecular formula is C16H27NO3S. The van der Waals surface area contributed by atoms with Gasteiger partial charge in [0.15, 0.2) is 0 Å². The fourth-order valence-corrected chi connectivity index (χ4v) is 4.13. The Morgan fingerprint density at radius 3 is 2.14 bits per heavy atom. The number of benzene rings is 1. The van der Waals surface area contributed by atoms with Gasteiger partial charge >= 0.3 is 0 Å². The van der Waals surface area contributed by atoms with Gasteiger partial charge in [-0.2, -0.15) is 0 Å². The summed E-state index contributed by atoms with van der Waals surface area (Å²) in [5, 5.41) is 5.28. The molecule has 0 atom stereocenters. The van der Waals surface area contributed by atoms with Crippen molar-refractivity contribution in [1.82, 2.24) is 0 Å². The first-order valence-corrected chi connectivity index (χ1v) is 9.24. The average molecular weight is 313 g/mol. The third kappa shape index (κ3) is 7.07. The molecule has 21 heavy (non-hydrogen) atoms. The third-order valence-corrected chi connectivity index (χ3v) is 4.60. The Balaban J connectivity index is 2.71. The Kier molecular flexibility index (Phi) is 7.35. The van der Waals surface area contributed by atoms with Crippen LogP contribution < -0.4 is 5.14 Å². The van der Waals surface area contributed by atoms with E-state index in [1.165, 1.54) is 0 Å². The Bertz CT molecular complexity index is 494. The predicted octanol–water partition coefficient (Wildman–Crippen LogP) is 3.08. The quantitative estimate of drug-likeness (QED) is 0.721. The van der Waals surface area contributed by atoms with Crippen LogP contribution >= 0.6 is 0 Å². The number of hydrogen-bond acceptors (Lipinski definition) is 3. The van der Waals surface area contributed by atoms with Gasteiger partial charge in [0, 0.05) is 5.41 Å². The van der Waals surface area contributed by atoms with Crippen LogP contribution in [0.4, 0.5) is 0 Å². The molecule has 0 radical (unpaired) electrons. The largest absolute Gasteiger partial charge is 0.376 e. The van der Waals surface area contributed by atoms with Gasteiger partial charge in [-0.1, -0.05) is 57.0 Å². The van der Waals surface area contributed by atoms with Crippen LogP contribution in [0.15, 0.2) is 30.3 Å². The van der Waals surface area contributed by atoms with Crippen LogP contribution in [0.2, 0.25) is 0 Å². The van der Waals surface area contributed by atoms with Gasteiger partial charge in [0.05, 0.1) is 19.0 Å².